The van der Waals surface area contributed by atoms with Crippen LogP contribution in [0, 0.1) is 0 Å². The number of benzene rings is 1. The second-order valence-electron chi connectivity index (χ2n) is 5.57. The molecule has 1 aromatic carbocycles. The van der Waals surface area contributed by atoms with Crippen molar-refractivity contribution in [1.82, 2.24) is 10.2 Å². The molecular formula is C18H20BrN3O3S. The van der Waals surface area contributed by atoms with Crippen LogP contribution in [-0.4, -0.2) is 35.7 Å². The maximum Gasteiger partial charge on any atom is 0.261 e. The topological polar surface area (TPSA) is 78.5 Å². The Labute approximate surface area is 164 Å². The first-order valence-electron chi connectivity index (χ1n) is 8.07. The van der Waals surface area contributed by atoms with Gasteiger partial charge in [0.1, 0.15) is 0 Å². The molecule has 2 rings (SSSR count). The monoisotopic (exact) mass is 437 g/mol. The first kappa shape index (κ1) is 20.1. The zero-order valence-electron chi connectivity index (χ0n) is 14.5. The average molecular weight is 438 g/mol. The highest BCUT2D eigenvalue weighted by Crippen LogP contribution is 2.21. The van der Waals surface area contributed by atoms with E-state index in [0.29, 0.717) is 23.7 Å². The van der Waals surface area contributed by atoms with Gasteiger partial charge in [-0.05, 0) is 52.7 Å². The zero-order valence-corrected chi connectivity index (χ0v) is 16.9. The van der Waals surface area contributed by atoms with Gasteiger partial charge in [-0.2, -0.15) is 0 Å². The molecule has 0 bridgehead atoms. The van der Waals surface area contributed by atoms with E-state index in [-0.39, 0.29) is 24.3 Å². The van der Waals surface area contributed by atoms with Crippen molar-refractivity contribution in [2.45, 2.75) is 20.4 Å². The summed E-state index contributed by atoms with van der Waals surface area (Å²) in [6, 6.07) is 10.8. The largest absolute Gasteiger partial charge is 0.342 e. The van der Waals surface area contributed by atoms with E-state index in [0.717, 1.165) is 9.35 Å². The summed E-state index contributed by atoms with van der Waals surface area (Å²) in [4.78, 5) is 37.8. The summed E-state index contributed by atoms with van der Waals surface area (Å²) in [6.45, 7) is 4.44. The van der Waals surface area contributed by atoms with Gasteiger partial charge in [-0.25, -0.2) is 0 Å². The Morgan fingerprint density at radius 2 is 1.96 bits per heavy atom. The molecule has 0 aliphatic heterocycles. The number of carbonyl (C=O) groups is 3. The first-order chi connectivity index (χ1) is 12.4. The Kier molecular flexibility index (Phi) is 7.35. The van der Waals surface area contributed by atoms with Crippen LogP contribution in [0.25, 0.3) is 0 Å². The third-order valence-electron chi connectivity index (χ3n) is 3.62. The van der Waals surface area contributed by atoms with Gasteiger partial charge in [0.2, 0.25) is 11.8 Å². The van der Waals surface area contributed by atoms with Crippen molar-refractivity contribution in [3.05, 3.63) is 50.6 Å². The lowest BCUT2D eigenvalue weighted by Gasteiger charge is -2.19. The van der Waals surface area contributed by atoms with Gasteiger partial charge in [0, 0.05) is 25.7 Å². The van der Waals surface area contributed by atoms with Crippen molar-refractivity contribution in [3.8, 4) is 0 Å². The van der Waals surface area contributed by atoms with Gasteiger partial charge in [-0.15, -0.1) is 11.3 Å². The molecule has 1 heterocycles. The summed E-state index contributed by atoms with van der Waals surface area (Å²) in [5.41, 5.74) is 1.55. The fourth-order valence-corrected chi connectivity index (χ4v) is 3.61. The Hall–Kier alpha value is -2.19. The van der Waals surface area contributed by atoms with Crippen molar-refractivity contribution in [1.29, 1.82) is 0 Å². The molecule has 0 aliphatic carbocycles. The number of amides is 3. The molecule has 3 amide bonds. The fraction of sp³-hybridized carbons (Fsp3) is 0.278. The van der Waals surface area contributed by atoms with Crippen LogP contribution < -0.4 is 10.6 Å². The molecule has 26 heavy (non-hydrogen) atoms. The van der Waals surface area contributed by atoms with Crippen molar-refractivity contribution in [2.24, 2.45) is 0 Å². The molecule has 0 spiro atoms. The number of thiophene rings is 1. The summed E-state index contributed by atoms with van der Waals surface area (Å²) in [5, 5.41) is 5.34. The van der Waals surface area contributed by atoms with Gasteiger partial charge >= 0.3 is 0 Å². The minimum absolute atomic E-state index is 0.00450. The molecule has 2 aromatic rings. The van der Waals surface area contributed by atoms with Gasteiger partial charge in [0.05, 0.1) is 15.2 Å². The molecule has 0 fully saturated rings. The van der Waals surface area contributed by atoms with Gasteiger partial charge < -0.3 is 15.5 Å². The molecule has 2 N–H and O–H groups in total. The second-order valence-corrected chi connectivity index (χ2v) is 8.03. The first-order valence-corrected chi connectivity index (χ1v) is 9.67. The van der Waals surface area contributed by atoms with E-state index in [1.54, 1.807) is 23.1 Å². The van der Waals surface area contributed by atoms with Gasteiger partial charge in [0.25, 0.3) is 5.91 Å². The highest BCUT2D eigenvalue weighted by Gasteiger charge is 2.11. The Bertz CT molecular complexity index is 806. The van der Waals surface area contributed by atoms with Gasteiger partial charge in [-0.3, -0.25) is 14.4 Å². The van der Waals surface area contributed by atoms with E-state index in [1.165, 1.54) is 18.3 Å². The number of rotatable bonds is 7. The van der Waals surface area contributed by atoms with Crippen molar-refractivity contribution >= 4 is 50.7 Å². The Morgan fingerprint density at radius 1 is 1.19 bits per heavy atom. The molecule has 1 aromatic heterocycles. The lowest BCUT2D eigenvalue weighted by molar-refractivity contribution is -0.129. The van der Waals surface area contributed by atoms with Crippen molar-refractivity contribution < 1.29 is 14.4 Å². The molecule has 6 nitrogen and oxygen atoms in total. The number of hydrogen-bond donors (Lipinski definition) is 2. The molecule has 0 saturated carbocycles. The molecular weight excluding hydrogens is 418 g/mol. The normalized spacial score (nSPS) is 10.3. The van der Waals surface area contributed by atoms with E-state index < -0.39 is 0 Å². The zero-order chi connectivity index (χ0) is 19.1. The van der Waals surface area contributed by atoms with Gasteiger partial charge in [0.15, 0.2) is 0 Å². The Balaban J connectivity index is 1.89. The van der Waals surface area contributed by atoms with Crippen LogP contribution in [-0.2, 0) is 16.1 Å². The summed E-state index contributed by atoms with van der Waals surface area (Å²) in [5.74, 6) is -0.598. The van der Waals surface area contributed by atoms with E-state index in [4.69, 9.17) is 0 Å². The third kappa shape index (κ3) is 5.96. The maximum atomic E-state index is 12.1. The van der Waals surface area contributed by atoms with E-state index in [2.05, 4.69) is 26.6 Å². The minimum atomic E-state index is -0.315. The van der Waals surface area contributed by atoms with Crippen LogP contribution in [0.5, 0.6) is 0 Å². The minimum Gasteiger partial charge on any atom is -0.342 e. The van der Waals surface area contributed by atoms with Gasteiger partial charge in [-0.1, -0.05) is 12.1 Å². The fourth-order valence-electron chi connectivity index (χ4n) is 2.30. The van der Waals surface area contributed by atoms with Crippen LogP contribution in [0.2, 0.25) is 0 Å². The summed E-state index contributed by atoms with van der Waals surface area (Å²) >= 11 is 4.60. The third-order valence-corrected chi connectivity index (χ3v) is 5.24. The molecule has 0 radical (unpaired) electrons. The molecule has 0 atom stereocenters. The quantitative estimate of drug-likeness (QED) is 0.697. The average Bonchev–Trinajstić information content (AvgIpc) is 3.04. The lowest BCUT2D eigenvalue weighted by atomic mass is 10.2. The van der Waals surface area contributed by atoms with Crippen LogP contribution in [0.3, 0.4) is 0 Å². The van der Waals surface area contributed by atoms with Crippen LogP contribution >= 0.6 is 27.3 Å². The number of hydrogen-bond acceptors (Lipinski definition) is 4. The molecule has 8 heteroatoms. The summed E-state index contributed by atoms with van der Waals surface area (Å²) in [6.07, 6.45) is 0. The predicted molar refractivity (Wildman–Crippen MR) is 106 cm³/mol. The number of halogens is 1. The predicted octanol–water partition coefficient (Wildman–Crippen LogP) is 3.25. The molecule has 0 saturated heterocycles. The molecule has 0 aliphatic rings. The van der Waals surface area contributed by atoms with Crippen LogP contribution in [0.15, 0.2) is 40.2 Å². The highest BCUT2D eigenvalue weighted by molar-refractivity contribution is 9.11. The molecule has 138 valence electrons. The standard InChI is InChI=1S/C18H20BrN3O3S/c1-3-22(12(2)23)11-13-5-4-6-14(9-13)21-17(24)10-20-18(25)15-7-8-16(19)26-15/h4-9H,3,10-11H2,1-2H3,(H,20,25)(H,21,24). The SMILES string of the molecule is CCN(Cc1cccc(NC(=O)CNC(=O)c2ccc(Br)s2)c1)C(C)=O. The number of nitrogens with zero attached hydrogens (tertiary/aromatic N) is 1. The highest BCUT2D eigenvalue weighted by atomic mass is 79.9. The summed E-state index contributed by atoms with van der Waals surface area (Å²) in [7, 11) is 0. The van der Waals surface area contributed by atoms with E-state index >= 15 is 0 Å². The number of carbonyl (C=O) groups excluding carboxylic acids is 3. The molecule has 0 unspecified atom stereocenters. The van der Waals surface area contributed by atoms with E-state index in [1.807, 2.05) is 25.1 Å². The maximum absolute atomic E-state index is 12.1. The summed E-state index contributed by atoms with van der Waals surface area (Å²) < 4.78 is 0.857. The van der Waals surface area contributed by atoms with Crippen molar-refractivity contribution in [3.63, 3.8) is 0 Å². The van der Waals surface area contributed by atoms with Crippen LogP contribution in [0.4, 0.5) is 5.69 Å². The van der Waals surface area contributed by atoms with Crippen molar-refractivity contribution in [2.75, 3.05) is 18.4 Å². The van der Waals surface area contributed by atoms with Crippen LogP contribution in [0.1, 0.15) is 29.1 Å². The lowest BCUT2D eigenvalue weighted by Crippen LogP contribution is -2.32. The number of anilines is 1. The van der Waals surface area contributed by atoms with E-state index in [9.17, 15) is 14.4 Å². The Morgan fingerprint density at radius 3 is 2.58 bits per heavy atom. The number of nitrogens with one attached hydrogen (secondary N) is 2. The smallest absolute Gasteiger partial charge is 0.261 e. The second kappa shape index (κ2) is 9.49.